The molecule has 0 bridgehead atoms. The van der Waals surface area contributed by atoms with Gasteiger partial charge in [0, 0.05) is 25.6 Å². The van der Waals surface area contributed by atoms with Gasteiger partial charge in [0.15, 0.2) is 0 Å². The van der Waals surface area contributed by atoms with Crippen LogP contribution >= 0.6 is 0 Å². The number of hydrogen-bond acceptors (Lipinski definition) is 4. The molecule has 2 aliphatic rings. The Morgan fingerprint density at radius 1 is 1.42 bits per heavy atom. The average Bonchev–Trinajstić information content (AvgIpc) is 2.95. The molecule has 0 aromatic heterocycles. The van der Waals surface area contributed by atoms with E-state index in [-0.39, 0.29) is 12.2 Å². The Kier molecular flexibility index (Phi) is 4.36. The highest BCUT2D eigenvalue weighted by molar-refractivity contribution is 5.68. The second-order valence-electron chi connectivity index (χ2n) is 6.60. The maximum atomic E-state index is 12.1. The van der Waals surface area contributed by atoms with Crippen molar-refractivity contribution in [3.05, 3.63) is 0 Å². The van der Waals surface area contributed by atoms with Crippen molar-refractivity contribution in [3.63, 3.8) is 0 Å². The Morgan fingerprint density at radius 2 is 2.16 bits per heavy atom. The number of likely N-dealkylation sites (tertiary alicyclic amines) is 1. The first-order valence-corrected chi connectivity index (χ1v) is 7.20. The summed E-state index contributed by atoms with van der Waals surface area (Å²) in [7, 11) is 0. The first-order chi connectivity index (χ1) is 8.90. The van der Waals surface area contributed by atoms with Crippen molar-refractivity contribution in [2.75, 3.05) is 26.2 Å². The van der Waals surface area contributed by atoms with Crippen LogP contribution in [0.4, 0.5) is 4.79 Å². The standard InChI is InChI=1S/C14H26N2O3/c1-14(2,3)19-13(17)16-8-10(7-15)11(9-16)12-5-4-6-18-12/h10-12H,4-9,15H2,1-3H3. The Bertz CT molecular complexity index is 321. The van der Waals surface area contributed by atoms with Gasteiger partial charge >= 0.3 is 6.09 Å². The molecule has 2 rings (SSSR count). The number of rotatable bonds is 2. The van der Waals surface area contributed by atoms with Crippen molar-refractivity contribution in [3.8, 4) is 0 Å². The topological polar surface area (TPSA) is 64.8 Å². The monoisotopic (exact) mass is 270 g/mol. The van der Waals surface area contributed by atoms with Gasteiger partial charge in [-0.3, -0.25) is 0 Å². The molecule has 2 saturated heterocycles. The molecule has 2 fully saturated rings. The zero-order valence-corrected chi connectivity index (χ0v) is 12.2. The highest BCUT2D eigenvalue weighted by Gasteiger charge is 2.41. The van der Waals surface area contributed by atoms with Crippen LogP contribution in [0.1, 0.15) is 33.6 Å². The largest absolute Gasteiger partial charge is 0.444 e. The van der Waals surface area contributed by atoms with Crippen LogP contribution in [0.5, 0.6) is 0 Å². The van der Waals surface area contributed by atoms with E-state index in [1.165, 1.54) is 0 Å². The molecule has 110 valence electrons. The van der Waals surface area contributed by atoms with Crippen molar-refractivity contribution in [2.45, 2.75) is 45.3 Å². The van der Waals surface area contributed by atoms with Crippen LogP contribution < -0.4 is 5.73 Å². The van der Waals surface area contributed by atoms with Gasteiger partial charge in [-0.2, -0.15) is 0 Å². The average molecular weight is 270 g/mol. The summed E-state index contributed by atoms with van der Waals surface area (Å²) in [5, 5.41) is 0. The van der Waals surface area contributed by atoms with Crippen molar-refractivity contribution in [1.29, 1.82) is 0 Å². The predicted molar refractivity (Wildman–Crippen MR) is 72.8 cm³/mol. The Balaban J connectivity index is 1.96. The molecule has 0 saturated carbocycles. The van der Waals surface area contributed by atoms with E-state index in [1.807, 2.05) is 20.8 Å². The minimum absolute atomic E-state index is 0.230. The number of nitrogens with zero attached hydrogens (tertiary/aromatic N) is 1. The maximum Gasteiger partial charge on any atom is 0.410 e. The predicted octanol–water partition coefficient (Wildman–Crippen LogP) is 1.61. The Hall–Kier alpha value is -0.810. The van der Waals surface area contributed by atoms with Crippen LogP contribution in [0.25, 0.3) is 0 Å². The van der Waals surface area contributed by atoms with E-state index in [0.717, 1.165) is 19.4 Å². The first kappa shape index (κ1) is 14.6. The van der Waals surface area contributed by atoms with Gasteiger partial charge in [0.05, 0.1) is 6.10 Å². The van der Waals surface area contributed by atoms with Crippen molar-refractivity contribution >= 4 is 6.09 Å². The zero-order valence-electron chi connectivity index (χ0n) is 12.2. The Labute approximate surface area is 115 Å². The Morgan fingerprint density at radius 3 is 2.68 bits per heavy atom. The number of ether oxygens (including phenoxy) is 2. The quantitative estimate of drug-likeness (QED) is 0.828. The highest BCUT2D eigenvalue weighted by atomic mass is 16.6. The first-order valence-electron chi connectivity index (χ1n) is 7.20. The van der Waals surface area contributed by atoms with Crippen molar-refractivity contribution in [2.24, 2.45) is 17.6 Å². The van der Waals surface area contributed by atoms with Gasteiger partial charge in [-0.05, 0) is 46.1 Å². The lowest BCUT2D eigenvalue weighted by Gasteiger charge is -2.25. The number of nitrogens with two attached hydrogens (primary N) is 1. The molecule has 5 heteroatoms. The van der Waals surface area contributed by atoms with Crippen molar-refractivity contribution in [1.82, 2.24) is 4.90 Å². The van der Waals surface area contributed by atoms with Gasteiger partial charge in [-0.25, -0.2) is 4.79 Å². The molecular formula is C14H26N2O3. The number of carbonyl (C=O) groups is 1. The highest BCUT2D eigenvalue weighted by Crippen LogP contribution is 2.32. The minimum atomic E-state index is -0.447. The third-order valence-corrected chi connectivity index (χ3v) is 3.89. The van der Waals surface area contributed by atoms with Crippen LogP contribution in [-0.4, -0.2) is 48.9 Å². The molecule has 19 heavy (non-hydrogen) atoms. The molecule has 5 nitrogen and oxygen atoms in total. The van der Waals surface area contributed by atoms with Crippen LogP contribution in [0.3, 0.4) is 0 Å². The summed E-state index contributed by atoms with van der Waals surface area (Å²) in [5.41, 5.74) is 5.40. The normalized spacial score (nSPS) is 31.8. The molecule has 2 aliphatic heterocycles. The molecule has 2 N–H and O–H groups in total. The third kappa shape index (κ3) is 3.60. The summed E-state index contributed by atoms with van der Waals surface area (Å²) in [4.78, 5) is 13.9. The lowest BCUT2D eigenvalue weighted by atomic mass is 9.89. The van der Waals surface area contributed by atoms with Gasteiger partial charge in [-0.15, -0.1) is 0 Å². The summed E-state index contributed by atoms with van der Waals surface area (Å²) in [5.74, 6) is 0.690. The smallest absolute Gasteiger partial charge is 0.410 e. The van der Waals surface area contributed by atoms with Crippen LogP contribution in [0, 0.1) is 11.8 Å². The van der Waals surface area contributed by atoms with Gasteiger partial charge < -0.3 is 20.1 Å². The molecule has 0 aromatic rings. The van der Waals surface area contributed by atoms with E-state index >= 15 is 0 Å². The zero-order chi connectivity index (χ0) is 14.0. The van der Waals surface area contributed by atoms with Crippen LogP contribution in [-0.2, 0) is 9.47 Å². The van der Waals surface area contributed by atoms with E-state index in [9.17, 15) is 4.79 Å². The molecule has 3 atom stereocenters. The van der Waals surface area contributed by atoms with E-state index in [4.69, 9.17) is 15.2 Å². The van der Waals surface area contributed by atoms with E-state index in [1.54, 1.807) is 4.90 Å². The maximum absolute atomic E-state index is 12.1. The molecule has 0 spiro atoms. The molecule has 0 aromatic carbocycles. The van der Waals surface area contributed by atoms with Gasteiger partial charge in [-0.1, -0.05) is 0 Å². The second kappa shape index (κ2) is 5.67. The lowest BCUT2D eigenvalue weighted by Crippen LogP contribution is -2.36. The summed E-state index contributed by atoms with van der Waals surface area (Å²) in [6, 6.07) is 0. The molecule has 2 heterocycles. The van der Waals surface area contributed by atoms with Gasteiger partial charge in [0.25, 0.3) is 0 Å². The van der Waals surface area contributed by atoms with Gasteiger partial charge in [0.1, 0.15) is 5.60 Å². The fraction of sp³-hybridized carbons (Fsp3) is 0.929. The lowest BCUT2D eigenvalue weighted by molar-refractivity contribution is 0.0250. The van der Waals surface area contributed by atoms with E-state index in [2.05, 4.69) is 0 Å². The minimum Gasteiger partial charge on any atom is -0.444 e. The number of hydrogen-bond donors (Lipinski definition) is 1. The molecule has 3 unspecified atom stereocenters. The summed E-state index contributed by atoms with van der Waals surface area (Å²) < 4.78 is 11.2. The number of carbonyl (C=O) groups excluding carboxylic acids is 1. The fourth-order valence-corrected chi connectivity index (χ4v) is 2.98. The summed E-state index contributed by atoms with van der Waals surface area (Å²) in [6.45, 7) is 8.50. The summed E-state index contributed by atoms with van der Waals surface area (Å²) >= 11 is 0. The second-order valence-corrected chi connectivity index (χ2v) is 6.60. The fourth-order valence-electron chi connectivity index (χ4n) is 2.98. The van der Waals surface area contributed by atoms with Crippen LogP contribution in [0.2, 0.25) is 0 Å². The van der Waals surface area contributed by atoms with Crippen LogP contribution in [0.15, 0.2) is 0 Å². The van der Waals surface area contributed by atoms with E-state index < -0.39 is 5.60 Å². The summed E-state index contributed by atoms with van der Waals surface area (Å²) in [6.07, 6.45) is 2.24. The van der Waals surface area contributed by atoms with E-state index in [0.29, 0.717) is 31.5 Å². The van der Waals surface area contributed by atoms with Gasteiger partial charge in [0.2, 0.25) is 0 Å². The SMILES string of the molecule is CC(C)(C)OC(=O)N1CC(CN)C(C2CCCO2)C1. The molecule has 0 aliphatic carbocycles. The molecular weight excluding hydrogens is 244 g/mol. The third-order valence-electron chi connectivity index (χ3n) is 3.89. The molecule has 0 radical (unpaired) electrons. The molecule has 1 amide bonds. The van der Waals surface area contributed by atoms with Crippen molar-refractivity contribution < 1.29 is 14.3 Å². The number of amides is 1.